The molecule has 1 aromatic heterocycles. The second-order valence-electron chi connectivity index (χ2n) is 6.71. The molecule has 1 atom stereocenters. The summed E-state index contributed by atoms with van der Waals surface area (Å²) >= 11 is 1.54. The van der Waals surface area contributed by atoms with Gasteiger partial charge in [-0.3, -0.25) is 9.59 Å². The summed E-state index contributed by atoms with van der Waals surface area (Å²) in [6.07, 6.45) is -0.978. The van der Waals surface area contributed by atoms with Crippen LogP contribution in [0.1, 0.15) is 42.2 Å². The number of rotatable bonds is 2. The third-order valence-corrected chi connectivity index (χ3v) is 5.29. The van der Waals surface area contributed by atoms with Crippen LogP contribution in [0.2, 0.25) is 0 Å². The summed E-state index contributed by atoms with van der Waals surface area (Å²) in [5.74, 6) is -0.233. The lowest BCUT2D eigenvalue weighted by Gasteiger charge is -2.35. The molecule has 0 aromatic carbocycles. The van der Waals surface area contributed by atoms with Crippen LogP contribution in [0.5, 0.6) is 0 Å². The summed E-state index contributed by atoms with van der Waals surface area (Å²) in [6.45, 7) is 9.86. The second kappa shape index (κ2) is 6.38. The minimum Gasteiger partial charge on any atom is -0.384 e. The maximum Gasteiger partial charge on any atom is 0.264 e. The molecule has 0 saturated carbocycles. The van der Waals surface area contributed by atoms with Crippen LogP contribution in [0, 0.1) is 0 Å². The fourth-order valence-electron chi connectivity index (χ4n) is 2.41. The molecule has 1 aromatic rings. The standard InChI is InChI=1S/C16H24N2O3S/c1-11(19)14(20)17-7-9-18(10-8-17)15(21)12-5-6-13(22-12)16(2,3)4/h5-6,11,19H,7-10H2,1-4H3. The van der Waals surface area contributed by atoms with Crippen LogP contribution in [-0.4, -0.2) is 59.0 Å². The number of piperazine rings is 1. The predicted molar refractivity (Wildman–Crippen MR) is 87.2 cm³/mol. The molecular formula is C16H24N2O3S. The highest BCUT2D eigenvalue weighted by atomic mass is 32.1. The Bertz CT molecular complexity index is 552. The van der Waals surface area contributed by atoms with E-state index in [1.54, 1.807) is 21.1 Å². The second-order valence-corrected chi connectivity index (χ2v) is 7.79. The molecular weight excluding hydrogens is 300 g/mol. The lowest BCUT2D eigenvalue weighted by molar-refractivity contribution is -0.140. The molecule has 0 spiro atoms. The Morgan fingerprint density at radius 2 is 1.68 bits per heavy atom. The van der Waals surface area contributed by atoms with Crippen LogP contribution in [-0.2, 0) is 10.2 Å². The van der Waals surface area contributed by atoms with Gasteiger partial charge in [-0.05, 0) is 24.5 Å². The lowest BCUT2D eigenvalue weighted by atomic mass is 9.95. The average Bonchev–Trinajstić information content (AvgIpc) is 2.95. The topological polar surface area (TPSA) is 60.9 Å². The largest absolute Gasteiger partial charge is 0.384 e. The zero-order valence-corrected chi connectivity index (χ0v) is 14.4. The highest BCUT2D eigenvalue weighted by Gasteiger charge is 2.28. The van der Waals surface area contributed by atoms with Gasteiger partial charge in [0.25, 0.3) is 11.8 Å². The van der Waals surface area contributed by atoms with Crippen molar-refractivity contribution in [2.24, 2.45) is 0 Å². The highest BCUT2D eigenvalue weighted by Crippen LogP contribution is 2.30. The number of aliphatic hydroxyl groups excluding tert-OH is 1. The van der Waals surface area contributed by atoms with Crippen LogP contribution in [0.25, 0.3) is 0 Å². The van der Waals surface area contributed by atoms with Crippen molar-refractivity contribution in [3.05, 3.63) is 21.9 Å². The van der Waals surface area contributed by atoms with Gasteiger partial charge in [0, 0.05) is 31.1 Å². The fraction of sp³-hybridized carbons (Fsp3) is 0.625. The van der Waals surface area contributed by atoms with Crippen molar-refractivity contribution in [1.29, 1.82) is 0 Å². The van der Waals surface area contributed by atoms with Crippen molar-refractivity contribution in [1.82, 2.24) is 9.80 Å². The Balaban J connectivity index is 1.98. The van der Waals surface area contributed by atoms with Crippen molar-refractivity contribution >= 4 is 23.2 Å². The molecule has 1 aliphatic heterocycles. The van der Waals surface area contributed by atoms with E-state index < -0.39 is 6.10 Å². The van der Waals surface area contributed by atoms with Crippen molar-refractivity contribution in [2.75, 3.05) is 26.2 Å². The van der Waals surface area contributed by atoms with Gasteiger partial charge >= 0.3 is 0 Å². The van der Waals surface area contributed by atoms with Gasteiger partial charge in [-0.1, -0.05) is 20.8 Å². The van der Waals surface area contributed by atoms with Gasteiger partial charge in [0.1, 0.15) is 6.10 Å². The lowest BCUT2D eigenvalue weighted by Crippen LogP contribution is -2.52. The molecule has 1 aliphatic rings. The van der Waals surface area contributed by atoms with E-state index in [1.165, 1.54) is 11.8 Å². The summed E-state index contributed by atoms with van der Waals surface area (Å²) < 4.78 is 0. The van der Waals surface area contributed by atoms with E-state index in [1.807, 2.05) is 12.1 Å². The number of amides is 2. The van der Waals surface area contributed by atoms with E-state index >= 15 is 0 Å². The van der Waals surface area contributed by atoms with Crippen molar-refractivity contribution in [3.63, 3.8) is 0 Å². The van der Waals surface area contributed by atoms with E-state index in [0.717, 1.165) is 4.88 Å². The number of carbonyl (C=O) groups excluding carboxylic acids is 2. The summed E-state index contributed by atoms with van der Waals surface area (Å²) in [6, 6.07) is 3.91. The van der Waals surface area contributed by atoms with Crippen molar-refractivity contribution < 1.29 is 14.7 Å². The van der Waals surface area contributed by atoms with E-state index in [9.17, 15) is 14.7 Å². The number of hydrogen-bond acceptors (Lipinski definition) is 4. The SMILES string of the molecule is CC(O)C(=O)N1CCN(C(=O)c2ccc(C(C)(C)C)s2)CC1. The first kappa shape index (κ1) is 17.0. The summed E-state index contributed by atoms with van der Waals surface area (Å²) in [5, 5.41) is 9.34. The number of nitrogens with zero attached hydrogens (tertiary/aromatic N) is 2. The maximum absolute atomic E-state index is 12.5. The van der Waals surface area contributed by atoms with Crippen LogP contribution in [0.15, 0.2) is 12.1 Å². The first-order valence-electron chi connectivity index (χ1n) is 7.56. The van der Waals surface area contributed by atoms with Gasteiger partial charge in [-0.25, -0.2) is 0 Å². The Morgan fingerprint density at radius 1 is 1.14 bits per heavy atom. The van der Waals surface area contributed by atoms with Crippen molar-refractivity contribution in [3.8, 4) is 0 Å². The van der Waals surface area contributed by atoms with Crippen LogP contribution < -0.4 is 0 Å². The molecule has 22 heavy (non-hydrogen) atoms. The molecule has 2 heterocycles. The van der Waals surface area contributed by atoms with Gasteiger partial charge < -0.3 is 14.9 Å². The van der Waals surface area contributed by atoms with E-state index in [0.29, 0.717) is 26.2 Å². The van der Waals surface area contributed by atoms with Gasteiger partial charge in [0.05, 0.1) is 4.88 Å². The van der Waals surface area contributed by atoms with E-state index in [-0.39, 0.29) is 17.2 Å². The molecule has 1 saturated heterocycles. The normalized spacial score (nSPS) is 17.5. The molecule has 1 N–H and O–H groups in total. The highest BCUT2D eigenvalue weighted by molar-refractivity contribution is 7.14. The number of carbonyl (C=O) groups is 2. The Morgan fingerprint density at radius 3 is 2.14 bits per heavy atom. The molecule has 0 radical (unpaired) electrons. The van der Waals surface area contributed by atoms with Gasteiger partial charge in [0.15, 0.2) is 0 Å². The molecule has 1 unspecified atom stereocenters. The third kappa shape index (κ3) is 3.67. The molecule has 1 fully saturated rings. The van der Waals surface area contributed by atoms with Crippen molar-refractivity contribution in [2.45, 2.75) is 39.2 Å². The molecule has 0 bridgehead atoms. The van der Waals surface area contributed by atoms with Gasteiger partial charge in [-0.15, -0.1) is 11.3 Å². The minimum atomic E-state index is -0.978. The quantitative estimate of drug-likeness (QED) is 0.901. The first-order valence-corrected chi connectivity index (χ1v) is 8.38. The van der Waals surface area contributed by atoms with Gasteiger partial charge in [0.2, 0.25) is 0 Å². The molecule has 0 aliphatic carbocycles. The Hall–Kier alpha value is -1.40. The zero-order chi connectivity index (χ0) is 16.5. The molecule has 2 rings (SSSR count). The molecule has 2 amide bonds. The summed E-state index contributed by atoms with van der Waals surface area (Å²) in [5.41, 5.74) is 0.0472. The maximum atomic E-state index is 12.5. The van der Waals surface area contributed by atoms with Gasteiger partial charge in [-0.2, -0.15) is 0 Å². The minimum absolute atomic E-state index is 0.0321. The Kier molecular flexibility index (Phi) is 4.92. The average molecular weight is 324 g/mol. The molecule has 122 valence electrons. The summed E-state index contributed by atoms with van der Waals surface area (Å²) in [7, 11) is 0. The fourth-order valence-corrected chi connectivity index (χ4v) is 3.44. The molecule has 5 nitrogen and oxygen atoms in total. The van der Waals surface area contributed by atoms with Crippen LogP contribution in [0.3, 0.4) is 0 Å². The molecule has 6 heteroatoms. The number of hydrogen-bond donors (Lipinski definition) is 1. The smallest absolute Gasteiger partial charge is 0.264 e. The zero-order valence-electron chi connectivity index (χ0n) is 13.6. The first-order chi connectivity index (χ1) is 10.2. The number of aliphatic hydroxyl groups is 1. The summed E-state index contributed by atoms with van der Waals surface area (Å²) in [4.78, 5) is 29.6. The van der Waals surface area contributed by atoms with Crippen LogP contribution in [0.4, 0.5) is 0 Å². The number of thiophene rings is 1. The van der Waals surface area contributed by atoms with E-state index in [4.69, 9.17) is 0 Å². The van der Waals surface area contributed by atoms with Crippen LogP contribution >= 0.6 is 11.3 Å². The monoisotopic (exact) mass is 324 g/mol. The predicted octanol–water partition coefficient (Wildman–Crippen LogP) is 1.71. The third-order valence-electron chi connectivity index (χ3n) is 3.79. The Labute approximate surface area is 135 Å². The van der Waals surface area contributed by atoms with E-state index in [2.05, 4.69) is 20.8 Å².